The molecule has 124 valence electrons. The van der Waals surface area contributed by atoms with E-state index in [2.05, 4.69) is 5.16 Å². The fraction of sp³-hybridized carbons (Fsp3) is 0.143. The molecule has 0 fully saturated rings. The molecule has 3 aromatic carbocycles. The Balaban J connectivity index is 1.60. The number of ether oxygens (including phenoxy) is 1. The molecule has 3 aromatic rings. The second-order valence-electron chi connectivity index (χ2n) is 5.97. The average molecular weight is 331 g/mol. The fourth-order valence-electron chi connectivity index (χ4n) is 3.22. The molecule has 0 unspecified atom stereocenters. The standard InChI is InChI=1S/C21H17NO3/c1-24-16-10-11-18-15(13-16)9-12-20(18)22-25-21(23)19-8-4-6-14-5-2-3-7-17(14)19/h2-8,10-11,13H,9,12H2,1H3/b22-20-. The molecule has 4 nitrogen and oxygen atoms in total. The molecule has 0 N–H and O–H groups in total. The van der Waals surface area contributed by atoms with E-state index in [1.807, 2.05) is 54.6 Å². The first kappa shape index (κ1) is 15.4. The molecule has 0 heterocycles. The molecule has 1 aliphatic rings. The Morgan fingerprint density at radius 3 is 2.72 bits per heavy atom. The normalized spacial score (nSPS) is 14.5. The van der Waals surface area contributed by atoms with Gasteiger partial charge in [0.1, 0.15) is 5.75 Å². The van der Waals surface area contributed by atoms with Crippen LogP contribution in [0.25, 0.3) is 10.8 Å². The van der Waals surface area contributed by atoms with Gasteiger partial charge in [-0.2, -0.15) is 0 Å². The summed E-state index contributed by atoms with van der Waals surface area (Å²) in [6.45, 7) is 0. The van der Waals surface area contributed by atoms with Gasteiger partial charge in [0.25, 0.3) is 0 Å². The third-order valence-electron chi connectivity index (χ3n) is 4.50. The van der Waals surface area contributed by atoms with Crippen LogP contribution in [-0.2, 0) is 11.3 Å². The monoisotopic (exact) mass is 331 g/mol. The summed E-state index contributed by atoms with van der Waals surface area (Å²) in [6.07, 6.45) is 1.63. The van der Waals surface area contributed by atoms with E-state index >= 15 is 0 Å². The maximum absolute atomic E-state index is 12.5. The second-order valence-corrected chi connectivity index (χ2v) is 5.97. The Hall–Kier alpha value is -3.14. The molecule has 25 heavy (non-hydrogen) atoms. The molecule has 4 rings (SSSR count). The molecular formula is C21H17NO3. The zero-order chi connectivity index (χ0) is 17.2. The molecule has 0 saturated carbocycles. The van der Waals surface area contributed by atoms with E-state index in [1.165, 1.54) is 5.56 Å². The second kappa shape index (κ2) is 6.40. The minimum atomic E-state index is -0.439. The van der Waals surface area contributed by atoms with E-state index in [4.69, 9.17) is 9.57 Å². The number of rotatable bonds is 3. The van der Waals surface area contributed by atoms with Crippen molar-refractivity contribution in [3.63, 3.8) is 0 Å². The smallest absolute Gasteiger partial charge is 0.366 e. The van der Waals surface area contributed by atoms with Gasteiger partial charge in [0, 0.05) is 5.56 Å². The van der Waals surface area contributed by atoms with Gasteiger partial charge in [-0.15, -0.1) is 0 Å². The molecule has 0 amide bonds. The van der Waals surface area contributed by atoms with Crippen molar-refractivity contribution in [1.29, 1.82) is 0 Å². The molecule has 0 atom stereocenters. The molecule has 0 spiro atoms. The lowest BCUT2D eigenvalue weighted by Gasteiger charge is -2.05. The Morgan fingerprint density at radius 2 is 1.84 bits per heavy atom. The van der Waals surface area contributed by atoms with Crippen LogP contribution in [0.15, 0.2) is 65.8 Å². The van der Waals surface area contributed by atoms with E-state index in [0.29, 0.717) is 5.56 Å². The first-order valence-electron chi connectivity index (χ1n) is 8.19. The van der Waals surface area contributed by atoms with Crippen molar-refractivity contribution in [2.24, 2.45) is 5.16 Å². The highest BCUT2D eigenvalue weighted by Crippen LogP contribution is 2.27. The van der Waals surface area contributed by atoms with Gasteiger partial charge in [0.05, 0.1) is 18.4 Å². The number of methoxy groups -OCH3 is 1. The van der Waals surface area contributed by atoms with Gasteiger partial charge in [0.15, 0.2) is 0 Å². The van der Waals surface area contributed by atoms with Gasteiger partial charge in [0.2, 0.25) is 0 Å². The minimum absolute atomic E-state index is 0.439. The van der Waals surface area contributed by atoms with Crippen molar-refractivity contribution in [1.82, 2.24) is 0 Å². The third-order valence-corrected chi connectivity index (χ3v) is 4.50. The van der Waals surface area contributed by atoms with Crippen LogP contribution in [0.1, 0.15) is 27.9 Å². The van der Waals surface area contributed by atoms with Gasteiger partial charge in [-0.25, -0.2) is 4.79 Å². The SMILES string of the molecule is COc1ccc2c(c1)CC/C2=N/OC(=O)c1cccc2ccccc12. The zero-order valence-electron chi connectivity index (χ0n) is 13.9. The number of hydrogen-bond donors (Lipinski definition) is 0. The van der Waals surface area contributed by atoms with Crippen molar-refractivity contribution in [3.8, 4) is 5.75 Å². The predicted octanol–water partition coefficient (Wildman–Crippen LogP) is 4.36. The molecule has 0 bridgehead atoms. The van der Waals surface area contributed by atoms with E-state index in [-0.39, 0.29) is 0 Å². The van der Waals surface area contributed by atoms with Crippen LogP contribution in [0.4, 0.5) is 0 Å². The Bertz CT molecular complexity index is 986. The highest BCUT2D eigenvalue weighted by Gasteiger charge is 2.20. The van der Waals surface area contributed by atoms with E-state index in [9.17, 15) is 4.79 Å². The third kappa shape index (κ3) is 2.87. The van der Waals surface area contributed by atoms with Gasteiger partial charge >= 0.3 is 5.97 Å². The lowest BCUT2D eigenvalue weighted by molar-refractivity contribution is 0.0518. The lowest BCUT2D eigenvalue weighted by atomic mass is 10.1. The molecule has 0 aliphatic heterocycles. The highest BCUT2D eigenvalue weighted by atomic mass is 16.7. The summed E-state index contributed by atoms with van der Waals surface area (Å²) in [7, 11) is 1.65. The van der Waals surface area contributed by atoms with E-state index in [1.54, 1.807) is 13.2 Å². The Labute approximate surface area is 145 Å². The summed E-state index contributed by atoms with van der Waals surface area (Å²) >= 11 is 0. The fourth-order valence-corrected chi connectivity index (χ4v) is 3.22. The van der Waals surface area contributed by atoms with Crippen LogP contribution in [-0.4, -0.2) is 18.8 Å². The quantitative estimate of drug-likeness (QED) is 0.529. The number of carbonyl (C=O) groups is 1. The maximum Gasteiger partial charge on any atom is 0.366 e. The molecule has 0 saturated heterocycles. The summed E-state index contributed by atoms with van der Waals surface area (Å²) in [6, 6.07) is 19.2. The van der Waals surface area contributed by atoms with Gasteiger partial charge < -0.3 is 9.57 Å². The van der Waals surface area contributed by atoms with Crippen LogP contribution in [0.2, 0.25) is 0 Å². The van der Waals surface area contributed by atoms with Gasteiger partial charge in [-0.3, -0.25) is 0 Å². The summed E-state index contributed by atoms with van der Waals surface area (Å²) < 4.78 is 5.25. The molecule has 1 aliphatic carbocycles. The number of nitrogens with zero attached hydrogens (tertiary/aromatic N) is 1. The molecular weight excluding hydrogens is 314 g/mol. The maximum atomic E-state index is 12.5. The number of benzene rings is 3. The Kier molecular flexibility index (Phi) is 3.94. The van der Waals surface area contributed by atoms with Crippen molar-refractivity contribution in [2.45, 2.75) is 12.8 Å². The lowest BCUT2D eigenvalue weighted by Crippen LogP contribution is -2.05. The van der Waals surface area contributed by atoms with E-state index < -0.39 is 5.97 Å². The van der Waals surface area contributed by atoms with Crippen LogP contribution >= 0.6 is 0 Å². The highest BCUT2D eigenvalue weighted by molar-refractivity contribution is 6.06. The summed E-state index contributed by atoms with van der Waals surface area (Å²) in [4.78, 5) is 17.7. The van der Waals surface area contributed by atoms with Crippen LogP contribution in [0.3, 0.4) is 0 Å². The molecule has 0 radical (unpaired) electrons. The van der Waals surface area contributed by atoms with Crippen LogP contribution < -0.4 is 4.74 Å². The predicted molar refractivity (Wildman–Crippen MR) is 97.2 cm³/mol. The number of fused-ring (bicyclic) bond motifs is 2. The first-order chi connectivity index (χ1) is 12.3. The topological polar surface area (TPSA) is 47.9 Å². The van der Waals surface area contributed by atoms with Crippen LogP contribution in [0, 0.1) is 0 Å². The van der Waals surface area contributed by atoms with Crippen molar-refractivity contribution in [3.05, 3.63) is 77.4 Å². The molecule has 4 heteroatoms. The van der Waals surface area contributed by atoms with Gasteiger partial charge in [-0.05, 0) is 53.4 Å². The van der Waals surface area contributed by atoms with Crippen molar-refractivity contribution >= 4 is 22.5 Å². The van der Waals surface area contributed by atoms with Crippen molar-refractivity contribution < 1.29 is 14.4 Å². The minimum Gasteiger partial charge on any atom is -0.497 e. The molecule has 0 aromatic heterocycles. The number of hydrogen-bond acceptors (Lipinski definition) is 4. The number of carbonyl (C=O) groups excluding carboxylic acids is 1. The van der Waals surface area contributed by atoms with Crippen molar-refractivity contribution in [2.75, 3.05) is 7.11 Å². The van der Waals surface area contributed by atoms with Gasteiger partial charge in [-0.1, -0.05) is 41.6 Å². The van der Waals surface area contributed by atoms with E-state index in [0.717, 1.165) is 40.6 Å². The summed E-state index contributed by atoms with van der Waals surface area (Å²) in [5.41, 5.74) is 3.51. The summed E-state index contributed by atoms with van der Waals surface area (Å²) in [5.74, 6) is 0.388. The number of oxime groups is 1. The Morgan fingerprint density at radius 1 is 1.00 bits per heavy atom. The average Bonchev–Trinajstić information content (AvgIpc) is 3.07. The zero-order valence-corrected chi connectivity index (χ0v) is 13.9. The largest absolute Gasteiger partial charge is 0.497 e. The summed E-state index contributed by atoms with van der Waals surface area (Å²) in [5, 5.41) is 6.00. The van der Waals surface area contributed by atoms with Crippen LogP contribution in [0.5, 0.6) is 5.75 Å². The first-order valence-corrected chi connectivity index (χ1v) is 8.19. The number of aryl methyl sites for hydroxylation is 1.